The van der Waals surface area contributed by atoms with Gasteiger partial charge in [0.2, 0.25) is 5.90 Å². The van der Waals surface area contributed by atoms with Crippen LogP contribution in [0.15, 0.2) is 59.2 Å². The Morgan fingerprint density at radius 2 is 1.90 bits per heavy atom. The number of aliphatic imine (C=N–C) groups is 1. The summed E-state index contributed by atoms with van der Waals surface area (Å²) in [5.41, 5.74) is 2.72. The summed E-state index contributed by atoms with van der Waals surface area (Å²) in [6, 6.07) is 13.9. The van der Waals surface area contributed by atoms with E-state index in [1.807, 2.05) is 30.3 Å². The first-order valence-electron chi connectivity index (χ1n) is 8.93. The van der Waals surface area contributed by atoms with Crippen molar-refractivity contribution in [2.24, 2.45) is 4.99 Å². The Kier molecular flexibility index (Phi) is 4.93. The molecule has 150 valence electrons. The number of carbonyl (C=O) groups excluding carboxylic acids is 1. The standard InChI is InChI=1S/C21H15ClN4O4/c1-12-8-9-14(10-18(12)26(28)29)20-23-17(21(27)30-20)11-16-13(2)24-25(19(16)22)15-6-4-3-5-7-15/h3-11H,1-2H3. The number of esters is 1. The number of nitro groups is 1. The summed E-state index contributed by atoms with van der Waals surface area (Å²) in [4.78, 5) is 27.2. The van der Waals surface area contributed by atoms with Crippen LogP contribution in [0.25, 0.3) is 11.8 Å². The lowest BCUT2D eigenvalue weighted by atomic mass is 10.1. The largest absolute Gasteiger partial charge is 0.402 e. The first-order chi connectivity index (χ1) is 14.3. The predicted octanol–water partition coefficient (Wildman–Crippen LogP) is 4.40. The monoisotopic (exact) mass is 422 g/mol. The van der Waals surface area contributed by atoms with Crippen LogP contribution in [0.1, 0.15) is 22.4 Å². The van der Waals surface area contributed by atoms with Gasteiger partial charge in [0, 0.05) is 22.8 Å². The van der Waals surface area contributed by atoms with Crippen LogP contribution in [0.5, 0.6) is 0 Å². The molecule has 0 radical (unpaired) electrons. The lowest BCUT2D eigenvalue weighted by molar-refractivity contribution is -0.385. The normalized spacial score (nSPS) is 14.7. The molecule has 0 atom stereocenters. The van der Waals surface area contributed by atoms with Gasteiger partial charge in [-0.2, -0.15) is 5.10 Å². The zero-order valence-corrected chi connectivity index (χ0v) is 16.8. The molecule has 2 heterocycles. The molecule has 0 fully saturated rings. The third-order valence-corrected chi connectivity index (χ3v) is 4.97. The van der Waals surface area contributed by atoms with Crippen LogP contribution in [0.2, 0.25) is 5.15 Å². The molecule has 0 saturated heterocycles. The minimum Gasteiger partial charge on any atom is -0.402 e. The van der Waals surface area contributed by atoms with E-state index in [0.717, 1.165) is 5.69 Å². The molecular weight excluding hydrogens is 408 g/mol. The molecule has 30 heavy (non-hydrogen) atoms. The smallest absolute Gasteiger partial charge is 0.363 e. The number of ether oxygens (including phenoxy) is 1. The summed E-state index contributed by atoms with van der Waals surface area (Å²) in [6.07, 6.45) is 1.50. The van der Waals surface area contributed by atoms with Gasteiger partial charge in [-0.05, 0) is 38.1 Å². The summed E-state index contributed by atoms with van der Waals surface area (Å²) < 4.78 is 6.79. The van der Waals surface area contributed by atoms with Gasteiger partial charge in [0.25, 0.3) is 5.69 Å². The van der Waals surface area contributed by atoms with Crippen LogP contribution in [-0.2, 0) is 9.53 Å². The summed E-state index contributed by atoms with van der Waals surface area (Å²) in [6.45, 7) is 3.40. The molecule has 0 N–H and O–H groups in total. The highest BCUT2D eigenvalue weighted by molar-refractivity contribution is 6.31. The highest BCUT2D eigenvalue weighted by Gasteiger charge is 2.27. The number of carbonyl (C=O) groups is 1. The second kappa shape index (κ2) is 7.57. The number of nitro benzene ring substituents is 1. The number of benzene rings is 2. The number of rotatable bonds is 4. The number of cyclic esters (lactones) is 1. The average molecular weight is 423 g/mol. The van der Waals surface area contributed by atoms with E-state index >= 15 is 0 Å². The topological polar surface area (TPSA) is 99.6 Å². The van der Waals surface area contributed by atoms with Crippen LogP contribution in [0, 0.1) is 24.0 Å². The fourth-order valence-electron chi connectivity index (χ4n) is 3.02. The van der Waals surface area contributed by atoms with Crippen molar-refractivity contribution in [1.29, 1.82) is 0 Å². The van der Waals surface area contributed by atoms with Gasteiger partial charge in [-0.15, -0.1) is 0 Å². The van der Waals surface area contributed by atoms with Crippen molar-refractivity contribution < 1.29 is 14.5 Å². The summed E-state index contributed by atoms with van der Waals surface area (Å²) in [5.74, 6) is -0.672. The van der Waals surface area contributed by atoms with Crippen LogP contribution >= 0.6 is 11.6 Å². The number of hydrogen-bond acceptors (Lipinski definition) is 6. The third-order valence-electron chi connectivity index (χ3n) is 4.60. The Hall–Kier alpha value is -3.78. The van der Waals surface area contributed by atoms with E-state index < -0.39 is 10.9 Å². The number of aryl methyl sites for hydroxylation is 2. The molecule has 1 aromatic heterocycles. The first-order valence-corrected chi connectivity index (χ1v) is 9.31. The second-order valence-electron chi connectivity index (χ2n) is 6.63. The summed E-state index contributed by atoms with van der Waals surface area (Å²) >= 11 is 6.50. The van der Waals surface area contributed by atoms with E-state index in [1.54, 1.807) is 30.7 Å². The Morgan fingerprint density at radius 3 is 2.60 bits per heavy atom. The lowest BCUT2D eigenvalue weighted by Gasteiger charge is -2.02. The van der Waals surface area contributed by atoms with Gasteiger partial charge in [0.1, 0.15) is 5.15 Å². The Labute approximate surface area is 176 Å². The molecule has 9 heteroatoms. The number of nitrogens with zero attached hydrogens (tertiary/aromatic N) is 4. The minimum atomic E-state index is -0.670. The third kappa shape index (κ3) is 3.48. The van der Waals surface area contributed by atoms with Crippen molar-refractivity contribution in [3.05, 3.63) is 91.9 Å². The maximum atomic E-state index is 12.3. The van der Waals surface area contributed by atoms with E-state index in [4.69, 9.17) is 16.3 Å². The van der Waals surface area contributed by atoms with Gasteiger partial charge in [-0.1, -0.05) is 35.9 Å². The van der Waals surface area contributed by atoms with Gasteiger partial charge < -0.3 is 4.74 Å². The van der Waals surface area contributed by atoms with Crippen molar-refractivity contribution in [3.63, 3.8) is 0 Å². The van der Waals surface area contributed by atoms with Gasteiger partial charge in [0.05, 0.1) is 16.3 Å². The minimum absolute atomic E-state index is 0.00132. The molecule has 4 rings (SSSR count). The maximum absolute atomic E-state index is 12.3. The van der Waals surface area contributed by atoms with Gasteiger partial charge in [-0.3, -0.25) is 10.1 Å². The van der Waals surface area contributed by atoms with Crippen molar-refractivity contribution in [2.75, 3.05) is 0 Å². The molecule has 0 amide bonds. The number of halogens is 1. The molecule has 0 saturated carbocycles. The summed E-state index contributed by atoms with van der Waals surface area (Å²) in [7, 11) is 0. The van der Waals surface area contributed by atoms with Crippen molar-refractivity contribution >= 4 is 35.2 Å². The molecule has 1 aliphatic rings. The molecule has 3 aromatic rings. The van der Waals surface area contributed by atoms with Gasteiger partial charge in [0.15, 0.2) is 5.70 Å². The van der Waals surface area contributed by atoms with Crippen molar-refractivity contribution in [3.8, 4) is 5.69 Å². The maximum Gasteiger partial charge on any atom is 0.363 e. The SMILES string of the molecule is Cc1ccc(C2=NC(=Cc3c(C)nn(-c4ccccc4)c3Cl)C(=O)O2)cc1[N+](=O)[O-]. The Bertz CT molecular complexity index is 1250. The van der Waals surface area contributed by atoms with Crippen LogP contribution in [-0.4, -0.2) is 26.6 Å². The fourth-order valence-corrected chi connectivity index (χ4v) is 3.35. The molecule has 1 aliphatic heterocycles. The first kappa shape index (κ1) is 19.5. The number of para-hydroxylation sites is 1. The van der Waals surface area contributed by atoms with Gasteiger partial charge >= 0.3 is 5.97 Å². The van der Waals surface area contributed by atoms with E-state index in [2.05, 4.69) is 10.1 Å². The molecule has 0 unspecified atom stereocenters. The predicted molar refractivity (Wildman–Crippen MR) is 112 cm³/mol. The molecule has 0 spiro atoms. The average Bonchev–Trinajstić information content (AvgIpc) is 3.23. The van der Waals surface area contributed by atoms with Crippen LogP contribution in [0.3, 0.4) is 0 Å². The zero-order valence-electron chi connectivity index (χ0n) is 16.0. The van der Waals surface area contributed by atoms with Crippen molar-refractivity contribution in [1.82, 2.24) is 9.78 Å². The van der Waals surface area contributed by atoms with E-state index in [-0.39, 0.29) is 17.3 Å². The molecule has 2 aromatic carbocycles. The van der Waals surface area contributed by atoms with E-state index in [9.17, 15) is 14.9 Å². The summed E-state index contributed by atoms with van der Waals surface area (Å²) in [5, 5.41) is 15.9. The Morgan fingerprint density at radius 1 is 1.17 bits per heavy atom. The van der Waals surface area contributed by atoms with E-state index in [0.29, 0.717) is 27.5 Å². The molecule has 8 nitrogen and oxygen atoms in total. The second-order valence-corrected chi connectivity index (χ2v) is 6.99. The molecular formula is C21H15ClN4O4. The van der Waals surface area contributed by atoms with E-state index in [1.165, 1.54) is 12.1 Å². The molecule has 0 bridgehead atoms. The lowest BCUT2D eigenvalue weighted by Crippen LogP contribution is -2.06. The van der Waals surface area contributed by atoms with Crippen molar-refractivity contribution in [2.45, 2.75) is 13.8 Å². The molecule has 0 aliphatic carbocycles. The zero-order chi connectivity index (χ0) is 21.4. The van der Waals surface area contributed by atoms with Crippen LogP contribution < -0.4 is 0 Å². The number of hydrogen-bond donors (Lipinski definition) is 0. The highest BCUT2D eigenvalue weighted by atomic mass is 35.5. The Balaban J connectivity index is 1.73. The highest BCUT2D eigenvalue weighted by Crippen LogP contribution is 2.28. The number of aromatic nitrogens is 2. The van der Waals surface area contributed by atoms with Gasteiger partial charge in [-0.25, -0.2) is 14.5 Å². The quantitative estimate of drug-likeness (QED) is 0.268. The fraction of sp³-hybridized carbons (Fsp3) is 0.0952. The van der Waals surface area contributed by atoms with Crippen LogP contribution in [0.4, 0.5) is 5.69 Å².